The molecule has 3 rings (SSSR count). The zero-order valence-electron chi connectivity index (χ0n) is 13.9. The number of carbonyl (C=O) groups is 1. The highest BCUT2D eigenvalue weighted by molar-refractivity contribution is 6.30. The third-order valence-electron chi connectivity index (χ3n) is 4.14. The Kier molecular flexibility index (Phi) is 6.12. The van der Waals surface area contributed by atoms with Crippen LogP contribution in [0.25, 0.3) is 0 Å². The summed E-state index contributed by atoms with van der Waals surface area (Å²) in [6, 6.07) is 13.0. The van der Waals surface area contributed by atoms with Crippen molar-refractivity contribution < 1.29 is 14.3 Å². The van der Waals surface area contributed by atoms with Crippen molar-refractivity contribution >= 4 is 17.5 Å². The summed E-state index contributed by atoms with van der Waals surface area (Å²) in [5.41, 5.74) is 0. The van der Waals surface area contributed by atoms with Crippen LogP contribution in [-0.2, 0) is 4.79 Å². The van der Waals surface area contributed by atoms with Crippen molar-refractivity contribution in [2.45, 2.75) is 37.8 Å². The highest BCUT2D eigenvalue weighted by Crippen LogP contribution is 2.23. The average molecular weight is 361 g/mol. The van der Waals surface area contributed by atoms with Gasteiger partial charge in [0.2, 0.25) is 5.88 Å². The van der Waals surface area contributed by atoms with Crippen molar-refractivity contribution in [3.8, 4) is 11.6 Å². The number of hydrogen-bond acceptors (Lipinski definition) is 4. The molecule has 1 aromatic carbocycles. The molecule has 0 saturated heterocycles. The number of benzene rings is 1. The third kappa shape index (κ3) is 5.64. The SMILES string of the molecule is O=C(COc1ccccc1)NC1CCC(Oc2ccc(Cl)cn2)CC1. The molecular weight excluding hydrogens is 340 g/mol. The normalized spacial score (nSPS) is 19.9. The minimum Gasteiger partial charge on any atom is -0.484 e. The molecule has 0 unspecified atom stereocenters. The van der Waals surface area contributed by atoms with Gasteiger partial charge in [0.25, 0.3) is 5.91 Å². The summed E-state index contributed by atoms with van der Waals surface area (Å²) in [5, 5.41) is 3.62. The van der Waals surface area contributed by atoms with Crippen LogP contribution in [0.4, 0.5) is 0 Å². The van der Waals surface area contributed by atoms with E-state index in [4.69, 9.17) is 21.1 Å². The maximum absolute atomic E-state index is 12.0. The summed E-state index contributed by atoms with van der Waals surface area (Å²) in [5.74, 6) is 1.20. The van der Waals surface area contributed by atoms with Gasteiger partial charge in [-0.25, -0.2) is 4.98 Å². The molecule has 0 bridgehead atoms. The topological polar surface area (TPSA) is 60.5 Å². The van der Waals surface area contributed by atoms with Gasteiger partial charge in [-0.1, -0.05) is 29.8 Å². The lowest BCUT2D eigenvalue weighted by molar-refractivity contribution is -0.124. The highest BCUT2D eigenvalue weighted by Gasteiger charge is 2.24. The van der Waals surface area contributed by atoms with Crippen LogP contribution in [0.3, 0.4) is 0 Å². The first kappa shape index (κ1) is 17.5. The molecular formula is C19H21ClN2O3. The van der Waals surface area contributed by atoms with Crippen LogP contribution in [0.2, 0.25) is 5.02 Å². The van der Waals surface area contributed by atoms with Crippen LogP contribution in [0, 0.1) is 0 Å². The molecule has 0 atom stereocenters. The number of hydrogen-bond donors (Lipinski definition) is 1. The van der Waals surface area contributed by atoms with Gasteiger partial charge in [-0.15, -0.1) is 0 Å². The molecule has 0 aliphatic heterocycles. The number of ether oxygens (including phenoxy) is 2. The van der Waals surface area contributed by atoms with Crippen LogP contribution in [0.1, 0.15) is 25.7 Å². The number of aromatic nitrogens is 1. The Hall–Kier alpha value is -2.27. The number of rotatable bonds is 6. The van der Waals surface area contributed by atoms with Crippen molar-refractivity contribution in [1.29, 1.82) is 0 Å². The van der Waals surface area contributed by atoms with Gasteiger partial charge in [-0.3, -0.25) is 4.79 Å². The van der Waals surface area contributed by atoms with Crippen molar-refractivity contribution in [2.24, 2.45) is 0 Å². The molecule has 25 heavy (non-hydrogen) atoms. The van der Waals surface area contributed by atoms with Gasteiger partial charge in [0, 0.05) is 18.3 Å². The minimum atomic E-state index is -0.0902. The van der Waals surface area contributed by atoms with Gasteiger partial charge in [-0.05, 0) is 43.9 Å². The molecule has 1 fully saturated rings. The molecule has 1 aliphatic carbocycles. The van der Waals surface area contributed by atoms with Crippen LogP contribution in [-0.4, -0.2) is 29.6 Å². The summed E-state index contributed by atoms with van der Waals surface area (Å²) in [4.78, 5) is 16.2. The summed E-state index contributed by atoms with van der Waals surface area (Å²) in [7, 11) is 0. The second-order valence-corrected chi connectivity index (χ2v) is 6.51. The van der Waals surface area contributed by atoms with Gasteiger partial charge in [-0.2, -0.15) is 0 Å². The Labute approximate surface area is 152 Å². The van der Waals surface area contributed by atoms with Crippen LogP contribution in [0.5, 0.6) is 11.6 Å². The predicted molar refractivity (Wildman–Crippen MR) is 96.0 cm³/mol. The van der Waals surface area contributed by atoms with Gasteiger partial charge in [0.05, 0.1) is 5.02 Å². The molecule has 1 heterocycles. The number of carbonyl (C=O) groups excluding carboxylic acids is 1. The number of pyridine rings is 1. The van der Waals surface area contributed by atoms with Crippen LogP contribution < -0.4 is 14.8 Å². The largest absolute Gasteiger partial charge is 0.484 e. The summed E-state index contributed by atoms with van der Waals surface area (Å²) < 4.78 is 11.3. The first-order chi connectivity index (χ1) is 12.2. The maximum atomic E-state index is 12.0. The van der Waals surface area contributed by atoms with E-state index in [2.05, 4.69) is 10.3 Å². The summed E-state index contributed by atoms with van der Waals surface area (Å²) >= 11 is 5.82. The van der Waals surface area contributed by atoms with Gasteiger partial charge in [0.15, 0.2) is 6.61 Å². The van der Waals surface area contributed by atoms with Crippen molar-refractivity contribution in [3.05, 3.63) is 53.7 Å². The number of nitrogens with zero attached hydrogens (tertiary/aromatic N) is 1. The molecule has 0 radical (unpaired) electrons. The Morgan fingerprint density at radius 1 is 1.12 bits per heavy atom. The van der Waals surface area contributed by atoms with Crippen molar-refractivity contribution in [2.75, 3.05) is 6.61 Å². The Balaban J connectivity index is 1.37. The quantitative estimate of drug-likeness (QED) is 0.854. The maximum Gasteiger partial charge on any atom is 0.258 e. The standard InChI is InChI=1S/C19H21ClN2O3/c20-14-6-11-19(21-12-14)25-17-9-7-15(8-10-17)22-18(23)13-24-16-4-2-1-3-5-16/h1-6,11-12,15,17H,7-10,13H2,(H,22,23). The van der Waals surface area contributed by atoms with E-state index in [1.54, 1.807) is 18.3 Å². The minimum absolute atomic E-state index is 0.0368. The first-order valence-corrected chi connectivity index (χ1v) is 8.82. The van der Waals surface area contributed by atoms with E-state index in [-0.39, 0.29) is 24.7 Å². The lowest BCUT2D eigenvalue weighted by atomic mass is 9.93. The fraction of sp³-hybridized carbons (Fsp3) is 0.368. The lowest BCUT2D eigenvalue weighted by Gasteiger charge is -2.29. The monoisotopic (exact) mass is 360 g/mol. The smallest absolute Gasteiger partial charge is 0.258 e. The number of halogens is 1. The van der Waals surface area contributed by atoms with Crippen LogP contribution in [0.15, 0.2) is 48.7 Å². The van der Waals surface area contributed by atoms with Crippen molar-refractivity contribution in [3.63, 3.8) is 0 Å². The average Bonchev–Trinajstić information content (AvgIpc) is 2.64. The van der Waals surface area contributed by atoms with Crippen LogP contribution >= 0.6 is 11.6 Å². The molecule has 5 nitrogen and oxygen atoms in total. The fourth-order valence-electron chi connectivity index (χ4n) is 2.86. The molecule has 6 heteroatoms. The molecule has 0 spiro atoms. The lowest BCUT2D eigenvalue weighted by Crippen LogP contribution is -2.41. The summed E-state index contributed by atoms with van der Waals surface area (Å²) in [6.45, 7) is 0.0368. The van der Waals surface area contributed by atoms with Gasteiger partial charge < -0.3 is 14.8 Å². The Morgan fingerprint density at radius 3 is 2.56 bits per heavy atom. The van der Waals surface area contributed by atoms with E-state index >= 15 is 0 Å². The molecule has 2 aromatic rings. The third-order valence-corrected chi connectivity index (χ3v) is 4.36. The zero-order valence-corrected chi connectivity index (χ0v) is 14.6. The Morgan fingerprint density at radius 2 is 1.88 bits per heavy atom. The first-order valence-electron chi connectivity index (χ1n) is 8.44. The molecule has 1 aromatic heterocycles. The molecule has 1 aliphatic rings. The predicted octanol–water partition coefficient (Wildman–Crippen LogP) is 3.62. The molecule has 132 valence electrons. The Bertz CT molecular complexity index is 671. The highest BCUT2D eigenvalue weighted by atomic mass is 35.5. The van der Waals surface area contributed by atoms with E-state index in [9.17, 15) is 4.79 Å². The second-order valence-electron chi connectivity index (χ2n) is 6.08. The van der Waals surface area contributed by atoms with E-state index in [0.717, 1.165) is 25.7 Å². The molecule has 1 saturated carbocycles. The number of para-hydroxylation sites is 1. The van der Waals surface area contributed by atoms with E-state index < -0.39 is 0 Å². The second kappa shape index (κ2) is 8.72. The number of nitrogens with one attached hydrogen (secondary N) is 1. The van der Waals surface area contributed by atoms with E-state index in [1.165, 1.54) is 0 Å². The number of amides is 1. The molecule has 1 amide bonds. The van der Waals surface area contributed by atoms with E-state index in [0.29, 0.717) is 16.7 Å². The van der Waals surface area contributed by atoms with E-state index in [1.807, 2.05) is 30.3 Å². The van der Waals surface area contributed by atoms with Crippen molar-refractivity contribution in [1.82, 2.24) is 10.3 Å². The fourth-order valence-corrected chi connectivity index (χ4v) is 2.97. The molecule has 1 N–H and O–H groups in total. The zero-order chi connectivity index (χ0) is 17.5. The summed E-state index contributed by atoms with van der Waals surface area (Å²) in [6.07, 6.45) is 5.24. The van der Waals surface area contributed by atoms with Gasteiger partial charge in [0.1, 0.15) is 11.9 Å². The van der Waals surface area contributed by atoms with Gasteiger partial charge >= 0.3 is 0 Å².